The number of hydrazone groups is 1. The SMILES string of the molecule is COc1cc(OC)c(C=NNC(=O)CSc2nnc(SCc3cccc4ccccc34)s2)c(OC)c1. The molecule has 0 saturated heterocycles. The predicted molar refractivity (Wildman–Crippen MR) is 146 cm³/mol. The number of amides is 1. The first kappa shape index (κ1) is 25.8. The number of hydrogen-bond donors (Lipinski definition) is 1. The van der Waals surface area contributed by atoms with E-state index in [9.17, 15) is 4.79 Å². The molecule has 8 nitrogen and oxygen atoms in total. The second-order valence-electron chi connectivity index (χ2n) is 7.29. The number of ether oxygens (including phenoxy) is 3. The van der Waals surface area contributed by atoms with Gasteiger partial charge in [-0.3, -0.25) is 4.79 Å². The Kier molecular flexibility index (Phi) is 9.04. The molecule has 0 saturated carbocycles. The maximum absolute atomic E-state index is 12.3. The molecule has 0 fully saturated rings. The van der Waals surface area contributed by atoms with Gasteiger partial charge >= 0.3 is 0 Å². The first-order chi connectivity index (χ1) is 17.6. The van der Waals surface area contributed by atoms with Gasteiger partial charge in [-0.05, 0) is 16.3 Å². The number of rotatable bonds is 11. The number of thioether (sulfide) groups is 2. The summed E-state index contributed by atoms with van der Waals surface area (Å²) in [5, 5.41) is 15.0. The lowest BCUT2D eigenvalue weighted by Crippen LogP contribution is -2.19. The van der Waals surface area contributed by atoms with Gasteiger partial charge in [-0.2, -0.15) is 5.10 Å². The number of fused-ring (bicyclic) bond motifs is 1. The van der Waals surface area contributed by atoms with Gasteiger partial charge in [-0.25, -0.2) is 5.43 Å². The Labute approximate surface area is 221 Å². The van der Waals surface area contributed by atoms with Gasteiger partial charge in [-0.15, -0.1) is 10.2 Å². The monoisotopic (exact) mass is 540 g/mol. The lowest BCUT2D eigenvalue weighted by atomic mass is 10.1. The van der Waals surface area contributed by atoms with E-state index in [4.69, 9.17) is 14.2 Å². The second kappa shape index (κ2) is 12.6. The molecular formula is C25H24N4O4S3. The van der Waals surface area contributed by atoms with Crippen molar-refractivity contribution in [3.63, 3.8) is 0 Å². The number of hydrogen-bond acceptors (Lipinski definition) is 10. The minimum absolute atomic E-state index is 0.164. The average molecular weight is 541 g/mol. The summed E-state index contributed by atoms with van der Waals surface area (Å²) in [6.45, 7) is 0. The lowest BCUT2D eigenvalue weighted by Gasteiger charge is -2.12. The van der Waals surface area contributed by atoms with Crippen molar-refractivity contribution >= 4 is 57.8 Å². The summed E-state index contributed by atoms with van der Waals surface area (Å²) in [5.41, 5.74) is 4.36. The molecule has 0 aliphatic heterocycles. The molecule has 4 aromatic rings. The molecule has 1 N–H and O–H groups in total. The zero-order chi connectivity index (χ0) is 25.3. The van der Waals surface area contributed by atoms with Crippen LogP contribution in [0.5, 0.6) is 17.2 Å². The number of aromatic nitrogens is 2. The van der Waals surface area contributed by atoms with E-state index in [1.54, 1.807) is 31.0 Å². The molecular weight excluding hydrogens is 517 g/mol. The van der Waals surface area contributed by atoms with Gasteiger partial charge in [-0.1, -0.05) is 77.3 Å². The van der Waals surface area contributed by atoms with Crippen molar-refractivity contribution in [2.75, 3.05) is 27.1 Å². The Morgan fingerprint density at radius 2 is 1.67 bits per heavy atom. The van der Waals surface area contributed by atoms with E-state index >= 15 is 0 Å². The molecule has 186 valence electrons. The molecule has 36 heavy (non-hydrogen) atoms. The van der Waals surface area contributed by atoms with Crippen LogP contribution in [0.4, 0.5) is 0 Å². The smallest absolute Gasteiger partial charge is 0.250 e. The number of carbonyl (C=O) groups is 1. The van der Waals surface area contributed by atoms with Crippen molar-refractivity contribution in [2.24, 2.45) is 5.10 Å². The normalized spacial score (nSPS) is 11.1. The van der Waals surface area contributed by atoms with Crippen LogP contribution in [0.3, 0.4) is 0 Å². The molecule has 1 heterocycles. The predicted octanol–water partition coefficient (Wildman–Crippen LogP) is 5.25. The summed E-state index contributed by atoms with van der Waals surface area (Å²) in [4.78, 5) is 12.3. The van der Waals surface area contributed by atoms with Crippen LogP contribution >= 0.6 is 34.9 Å². The molecule has 3 aromatic carbocycles. The van der Waals surface area contributed by atoms with Crippen LogP contribution in [-0.2, 0) is 10.5 Å². The van der Waals surface area contributed by atoms with Crippen LogP contribution in [0.25, 0.3) is 10.8 Å². The van der Waals surface area contributed by atoms with Gasteiger partial charge in [0.05, 0.1) is 38.9 Å². The molecule has 1 aromatic heterocycles. The summed E-state index contributed by atoms with van der Waals surface area (Å²) in [5.74, 6) is 2.32. The fourth-order valence-corrected chi connectivity index (χ4v) is 6.18. The van der Waals surface area contributed by atoms with E-state index < -0.39 is 0 Å². The van der Waals surface area contributed by atoms with Gasteiger partial charge in [0.1, 0.15) is 17.2 Å². The summed E-state index contributed by atoms with van der Waals surface area (Å²) in [6.07, 6.45) is 1.48. The minimum atomic E-state index is -0.261. The molecule has 0 aliphatic carbocycles. The van der Waals surface area contributed by atoms with E-state index in [-0.39, 0.29) is 11.7 Å². The molecule has 4 rings (SSSR count). The van der Waals surface area contributed by atoms with Crippen LogP contribution < -0.4 is 19.6 Å². The minimum Gasteiger partial charge on any atom is -0.496 e. The van der Waals surface area contributed by atoms with Gasteiger partial charge in [0.2, 0.25) is 0 Å². The molecule has 0 aliphatic rings. The van der Waals surface area contributed by atoms with Crippen molar-refractivity contribution in [2.45, 2.75) is 14.4 Å². The Bertz CT molecular complexity index is 1350. The molecule has 0 bridgehead atoms. The van der Waals surface area contributed by atoms with Gasteiger partial charge in [0.25, 0.3) is 5.91 Å². The van der Waals surface area contributed by atoms with Crippen molar-refractivity contribution < 1.29 is 19.0 Å². The Balaban J connectivity index is 1.29. The fraction of sp³-hybridized carbons (Fsp3) is 0.200. The quantitative estimate of drug-likeness (QED) is 0.157. The van der Waals surface area contributed by atoms with Crippen LogP contribution in [0.1, 0.15) is 11.1 Å². The molecule has 0 unspecified atom stereocenters. The summed E-state index contributed by atoms with van der Waals surface area (Å²) in [6, 6.07) is 18.1. The van der Waals surface area contributed by atoms with Crippen molar-refractivity contribution in [3.05, 3.63) is 65.7 Å². The zero-order valence-electron chi connectivity index (χ0n) is 19.9. The molecule has 0 atom stereocenters. The highest BCUT2D eigenvalue weighted by Gasteiger charge is 2.12. The number of nitrogens with zero attached hydrogens (tertiary/aromatic N) is 3. The zero-order valence-corrected chi connectivity index (χ0v) is 22.3. The van der Waals surface area contributed by atoms with Crippen molar-refractivity contribution in [1.82, 2.24) is 15.6 Å². The van der Waals surface area contributed by atoms with Gasteiger partial charge in [0, 0.05) is 17.9 Å². The van der Waals surface area contributed by atoms with E-state index in [1.807, 2.05) is 6.07 Å². The summed E-state index contributed by atoms with van der Waals surface area (Å²) in [7, 11) is 4.64. The van der Waals surface area contributed by atoms with E-state index in [2.05, 4.69) is 57.1 Å². The lowest BCUT2D eigenvalue weighted by molar-refractivity contribution is -0.118. The van der Waals surface area contributed by atoms with Crippen LogP contribution in [0.2, 0.25) is 0 Å². The average Bonchev–Trinajstić information content (AvgIpc) is 3.38. The van der Waals surface area contributed by atoms with Crippen LogP contribution in [-0.4, -0.2) is 49.4 Å². The molecule has 0 spiro atoms. The molecule has 1 amide bonds. The number of methoxy groups -OCH3 is 3. The number of nitrogens with one attached hydrogen (secondary N) is 1. The standard InChI is InChI=1S/C25H24N4O4S3/c1-31-18-11-21(32-2)20(22(12-18)33-3)13-26-27-23(30)15-35-25-29-28-24(36-25)34-14-17-9-6-8-16-7-4-5-10-19(16)17/h4-13H,14-15H2,1-3H3,(H,27,30). The Hall–Kier alpha value is -3.28. The fourth-order valence-electron chi connectivity index (χ4n) is 3.36. The first-order valence-corrected chi connectivity index (χ1v) is 13.6. The van der Waals surface area contributed by atoms with E-state index in [1.165, 1.54) is 59.9 Å². The second-order valence-corrected chi connectivity index (χ2v) is 10.7. The topological polar surface area (TPSA) is 94.9 Å². The van der Waals surface area contributed by atoms with Crippen molar-refractivity contribution in [3.8, 4) is 17.2 Å². The van der Waals surface area contributed by atoms with Crippen LogP contribution in [0.15, 0.2) is 68.4 Å². The molecule has 11 heteroatoms. The van der Waals surface area contributed by atoms with Crippen LogP contribution in [0, 0.1) is 0 Å². The maximum atomic E-state index is 12.3. The number of carbonyl (C=O) groups excluding carboxylic acids is 1. The van der Waals surface area contributed by atoms with E-state index in [0.29, 0.717) is 22.8 Å². The highest BCUT2D eigenvalue weighted by Crippen LogP contribution is 2.33. The van der Waals surface area contributed by atoms with Gasteiger partial charge < -0.3 is 14.2 Å². The first-order valence-electron chi connectivity index (χ1n) is 10.8. The van der Waals surface area contributed by atoms with E-state index in [0.717, 1.165) is 14.4 Å². The summed E-state index contributed by atoms with van der Waals surface area (Å²) < 4.78 is 17.6. The van der Waals surface area contributed by atoms with Gasteiger partial charge in [0.15, 0.2) is 8.68 Å². The third-order valence-electron chi connectivity index (χ3n) is 5.08. The highest BCUT2D eigenvalue weighted by molar-refractivity contribution is 8.03. The van der Waals surface area contributed by atoms with Crippen molar-refractivity contribution in [1.29, 1.82) is 0 Å². The Morgan fingerprint density at radius 3 is 2.39 bits per heavy atom. The number of benzene rings is 3. The third kappa shape index (κ3) is 6.48. The Morgan fingerprint density at radius 1 is 0.972 bits per heavy atom. The highest BCUT2D eigenvalue weighted by atomic mass is 32.2. The molecule has 0 radical (unpaired) electrons. The summed E-state index contributed by atoms with van der Waals surface area (Å²) >= 11 is 4.43. The largest absolute Gasteiger partial charge is 0.496 e. The maximum Gasteiger partial charge on any atom is 0.250 e. The third-order valence-corrected chi connectivity index (χ3v) is 8.32.